The normalized spacial score (nSPS) is 13.9. The number of nitrogens with zero attached hydrogens (tertiary/aromatic N) is 4. The van der Waals surface area contributed by atoms with E-state index in [4.69, 9.17) is 0 Å². The van der Waals surface area contributed by atoms with Gasteiger partial charge in [0.15, 0.2) is 5.13 Å². The minimum absolute atomic E-state index is 0.0527. The van der Waals surface area contributed by atoms with E-state index in [1.807, 2.05) is 46.7 Å². The molecule has 1 fully saturated rings. The molecule has 0 saturated carbocycles. The summed E-state index contributed by atoms with van der Waals surface area (Å²) in [4.78, 5) is 37.6. The van der Waals surface area contributed by atoms with Crippen LogP contribution in [0.3, 0.4) is 0 Å². The molecule has 1 aromatic carbocycles. The Morgan fingerprint density at radius 3 is 2.48 bits per heavy atom. The van der Waals surface area contributed by atoms with E-state index in [1.165, 1.54) is 11.3 Å². The number of nitrogens with one attached hydrogen (secondary N) is 1. The lowest BCUT2D eigenvalue weighted by molar-refractivity contribution is -0.130. The summed E-state index contributed by atoms with van der Waals surface area (Å²) < 4.78 is 0. The van der Waals surface area contributed by atoms with Crippen molar-refractivity contribution >= 4 is 34.1 Å². The number of rotatable bonds is 5. The highest BCUT2D eigenvalue weighted by Gasteiger charge is 2.22. The van der Waals surface area contributed by atoms with Crippen LogP contribution in [-0.4, -0.2) is 52.9 Å². The second-order valence-corrected chi connectivity index (χ2v) is 7.55. The first-order valence-electron chi connectivity index (χ1n) is 9.43. The predicted octanol–water partition coefficient (Wildman–Crippen LogP) is 2.68. The molecule has 0 aliphatic carbocycles. The molecule has 7 nitrogen and oxygen atoms in total. The zero-order valence-corrected chi connectivity index (χ0v) is 16.6. The number of benzene rings is 1. The van der Waals surface area contributed by atoms with E-state index >= 15 is 0 Å². The van der Waals surface area contributed by atoms with Gasteiger partial charge in [-0.2, -0.15) is 0 Å². The van der Waals surface area contributed by atoms with Gasteiger partial charge < -0.3 is 9.80 Å². The molecule has 1 N–H and O–H groups in total. The summed E-state index contributed by atoms with van der Waals surface area (Å²) in [6, 6.07) is 14.8. The van der Waals surface area contributed by atoms with Crippen molar-refractivity contribution in [2.45, 2.75) is 6.42 Å². The molecule has 0 bridgehead atoms. The Hall–Kier alpha value is -3.26. The molecule has 4 rings (SSSR count). The third-order valence-electron chi connectivity index (χ3n) is 4.75. The molecule has 0 unspecified atom stereocenters. The topological polar surface area (TPSA) is 78.4 Å². The minimum Gasteiger partial charge on any atom is -0.353 e. The highest BCUT2D eigenvalue weighted by Crippen LogP contribution is 2.18. The van der Waals surface area contributed by atoms with Gasteiger partial charge in [0.05, 0.1) is 12.1 Å². The van der Waals surface area contributed by atoms with Crippen LogP contribution in [0, 0.1) is 0 Å². The lowest BCUT2D eigenvalue weighted by atomic mass is 10.2. The number of piperazine rings is 1. The first-order valence-corrected chi connectivity index (χ1v) is 10.3. The monoisotopic (exact) mass is 407 g/mol. The number of pyridine rings is 1. The zero-order valence-electron chi connectivity index (χ0n) is 15.8. The van der Waals surface area contributed by atoms with E-state index < -0.39 is 0 Å². The summed E-state index contributed by atoms with van der Waals surface area (Å²) in [5.41, 5.74) is 1.25. The van der Waals surface area contributed by atoms with Crippen LogP contribution in [0.2, 0.25) is 0 Å². The van der Waals surface area contributed by atoms with Crippen molar-refractivity contribution in [2.75, 3.05) is 36.4 Å². The number of hydrogen-bond acceptors (Lipinski definition) is 6. The van der Waals surface area contributed by atoms with Gasteiger partial charge in [-0.1, -0.05) is 24.3 Å². The van der Waals surface area contributed by atoms with Crippen molar-refractivity contribution in [3.63, 3.8) is 0 Å². The van der Waals surface area contributed by atoms with Crippen LogP contribution < -0.4 is 10.2 Å². The lowest BCUT2D eigenvalue weighted by Gasteiger charge is -2.35. The summed E-state index contributed by atoms with van der Waals surface area (Å²) in [7, 11) is 0. The average Bonchev–Trinajstić information content (AvgIpc) is 3.21. The van der Waals surface area contributed by atoms with Gasteiger partial charge in [-0.15, -0.1) is 11.3 Å². The SMILES string of the molecule is O=C(Nc1nc(CC(=O)N2CCN(c3ccccn3)CC2)cs1)c1ccccc1. The Kier molecular flexibility index (Phi) is 5.81. The van der Waals surface area contributed by atoms with Crippen LogP contribution in [0.15, 0.2) is 60.1 Å². The molecule has 8 heteroatoms. The molecular formula is C21H21N5O2S. The summed E-state index contributed by atoms with van der Waals surface area (Å²) in [6.45, 7) is 2.85. The van der Waals surface area contributed by atoms with Crippen LogP contribution >= 0.6 is 11.3 Å². The number of thiazole rings is 1. The number of carbonyl (C=O) groups is 2. The molecule has 29 heavy (non-hydrogen) atoms. The Balaban J connectivity index is 1.29. The first-order chi connectivity index (χ1) is 14.2. The molecule has 2 amide bonds. The Morgan fingerprint density at radius 2 is 1.76 bits per heavy atom. The minimum atomic E-state index is -0.205. The maximum absolute atomic E-state index is 12.6. The van der Waals surface area contributed by atoms with Gasteiger partial charge in [0.1, 0.15) is 5.82 Å². The second kappa shape index (κ2) is 8.83. The number of hydrogen-bond donors (Lipinski definition) is 1. The standard InChI is InChI=1S/C21H21N5O2S/c27-19(26-12-10-25(11-13-26)18-8-4-5-9-22-18)14-17-15-29-21(23-17)24-20(28)16-6-2-1-3-7-16/h1-9,15H,10-14H2,(H,23,24,28). The summed E-state index contributed by atoms with van der Waals surface area (Å²) in [5, 5.41) is 5.11. The number of aromatic nitrogens is 2. The molecule has 148 valence electrons. The quantitative estimate of drug-likeness (QED) is 0.704. The molecule has 1 aliphatic rings. The van der Waals surface area contributed by atoms with Gasteiger partial charge in [-0.25, -0.2) is 9.97 Å². The molecule has 0 atom stereocenters. The Morgan fingerprint density at radius 1 is 1.00 bits per heavy atom. The van der Waals surface area contributed by atoms with Gasteiger partial charge in [0.2, 0.25) is 5.91 Å². The van der Waals surface area contributed by atoms with Crippen molar-refractivity contribution in [3.8, 4) is 0 Å². The first kappa shape index (κ1) is 19.1. The van der Waals surface area contributed by atoms with Crippen LogP contribution in [0.1, 0.15) is 16.1 Å². The van der Waals surface area contributed by atoms with Gasteiger partial charge in [0, 0.05) is 43.3 Å². The van der Waals surface area contributed by atoms with Crippen LogP contribution in [0.5, 0.6) is 0 Å². The molecule has 3 aromatic rings. The van der Waals surface area contributed by atoms with E-state index in [1.54, 1.807) is 18.3 Å². The summed E-state index contributed by atoms with van der Waals surface area (Å²) in [6.07, 6.45) is 2.02. The van der Waals surface area contributed by atoms with E-state index in [0.29, 0.717) is 29.5 Å². The van der Waals surface area contributed by atoms with E-state index in [2.05, 4.69) is 20.2 Å². The smallest absolute Gasteiger partial charge is 0.257 e. The van der Waals surface area contributed by atoms with Gasteiger partial charge >= 0.3 is 0 Å². The van der Waals surface area contributed by atoms with E-state index in [9.17, 15) is 9.59 Å². The highest BCUT2D eigenvalue weighted by molar-refractivity contribution is 7.14. The van der Waals surface area contributed by atoms with Crippen molar-refractivity contribution in [2.24, 2.45) is 0 Å². The fourth-order valence-corrected chi connectivity index (χ4v) is 3.90. The van der Waals surface area contributed by atoms with Crippen LogP contribution in [-0.2, 0) is 11.2 Å². The molecule has 1 saturated heterocycles. The Bertz CT molecular complexity index is 969. The van der Waals surface area contributed by atoms with Crippen LogP contribution in [0.4, 0.5) is 10.9 Å². The van der Waals surface area contributed by atoms with Gasteiger partial charge in [-0.3, -0.25) is 14.9 Å². The van der Waals surface area contributed by atoms with Gasteiger partial charge in [0.25, 0.3) is 5.91 Å². The fraction of sp³-hybridized carbons (Fsp3) is 0.238. The average molecular weight is 407 g/mol. The van der Waals surface area contributed by atoms with E-state index in [0.717, 1.165) is 18.9 Å². The summed E-state index contributed by atoms with van der Waals surface area (Å²) >= 11 is 1.33. The Labute approximate surface area is 173 Å². The zero-order chi connectivity index (χ0) is 20.1. The summed E-state index contributed by atoms with van der Waals surface area (Å²) in [5.74, 6) is 0.790. The molecular weight excluding hydrogens is 386 g/mol. The maximum Gasteiger partial charge on any atom is 0.257 e. The highest BCUT2D eigenvalue weighted by atomic mass is 32.1. The van der Waals surface area contributed by atoms with Crippen molar-refractivity contribution < 1.29 is 9.59 Å². The fourth-order valence-electron chi connectivity index (χ4n) is 3.20. The lowest BCUT2D eigenvalue weighted by Crippen LogP contribution is -2.49. The predicted molar refractivity (Wildman–Crippen MR) is 113 cm³/mol. The number of carbonyl (C=O) groups excluding carboxylic acids is 2. The molecule has 0 spiro atoms. The van der Waals surface area contributed by atoms with Crippen molar-refractivity contribution in [1.82, 2.24) is 14.9 Å². The maximum atomic E-state index is 12.6. The van der Waals surface area contributed by atoms with Crippen molar-refractivity contribution in [3.05, 3.63) is 71.4 Å². The van der Waals surface area contributed by atoms with E-state index in [-0.39, 0.29) is 18.2 Å². The van der Waals surface area contributed by atoms with Crippen molar-refractivity contribution in [1.29, 1.82) is 0 Å². The molecule has 2 aromatic heterocycles. The van der Waals surface area contributed by atoms with Crippen LogP contribution in [0.25, 0.3) is 0 Å². The number of anilines is 2. The third kappa shape index (κ3) is 4.78. The third-order valence-corrected chi connectivity index (χ3v) is 5.55. The second-order valence-electron chi connectivity index (χ2n) is 6.70. The van der Waals surface area contributed by atoms with Gasteiger partial charge in [-0.05, 0) is 24.3 Å². The molecule has 1 aliphatic heterocycles. The number of amides is 2. The largest absolute Gasteiger partial charge is 0.353 e. The molecule has 3 heterocycles. The molecule has 0 radical (unpaired) electrons.